The molecule has 2 aromatic carbocycles. The van der Waals surface area contributed by atoms with Crippen LogP contribution >= 0.6 is 11.6 Å². The average Bonchev–Trinajstić information content (AvgIpc) is 2.42. The highest BCUT2D eigenvalue weighted by molar-refractivity contribution is 6.33. The predicted octanol–water partition coefficient (Wildman–Crippen LogP) is 5.07. The van der Waals surface area contributed by atoms with Crippen LogP contribution in [0.25, 0.3) is 0 Å². The summed E-state index contributed by atoms with van der Waals surface area (Å²) in [5.74, 6) is -0.00527. The number of hydrogen-bond acceptors (Lipinski definition) is 2. The summed E-state index contributed by atoms with van der Waals surface area (Å²) >= 11 is 6.10. The van der Waals surface area contributed by atoms with Gasteiger partial charge in [-0.1, -0.05) is 44.5 Å². The van der Waals surface area contributed by atoms with E-state index in [2.05, 4.69) is 10.6 Å². The number of anilines is 3. The van der Waals surface area contributed by atoms with Crippen LogP contribution in [-0.2, 0) is 4.79 Å². The molecule has 0 saturated heterocycles. The minimum atomic E-state index is -0.408. The van der Waals surface area contributed by atoms with Gasteiger partial charge in [0.15, 0.2) is 0 Å². The average molecular weight is 303 g/mol. The number of benzene rings is 2. The van der Waals surface area contributed by atoms with Gasteiger partial charge in [-0.25, -0.2) is 0 Å². The van der Waals surface area contributed by atoms with Crippen LogP contribution in [0.3, 0.4) is 0 Å². The fourth-order valence-electron chi connectivity index (χ4n) is 1.67. The number of nitrogens with one attached hydrogen (secondary N) is 2. The van der Waals surface area contributed by atoms with Gasteiger partial charge in [-0.05, 0) is 36.4 Å². The summed E-state index contributed by atoms with van der Waals surface area (Å²) in [6, 6.07) is 15.1. The Balaban J connectivity index is 2.06. The van der Waals surface area contributed by atoms with Crippen molar-refractivity contribution in [2.24, 2.45) is 5.41 Å². The Morgan fingerprint density at radius 2 is 1.52 bits per heavy atom. The Kier molecular flexibility index (Phi) is 4.53. The molecule has 1 amide bonds. The number of carbonyl (C=O) groups is 1. The molecule has 2 aromatic rings. The van der Waals surface area contributed by atoms with Crippen LogP contribution < -0.4 is 10.6 Å². The third-order valence-corrected chi connectivity index (χ3v) is 3.31. The van der Waals surface area contributed by atoms with Crippen LogP contribution in [-0.4, -0.2) is 5.91 Å². The minimum Gasteiger partial charge on any atom is -0.354 e. The molecule has 0 bridgehead atoms. The Hall–Kier alpha value is -2.00. The van der Waals surface area contributed by atoms with E-state index in [0.29, 0.717) is 5.02 Å². The van der Waals surface area contributed by atoms with Crippen molar-refractivity contribution in [1.29, 1.82) is 0 Å². The van der Waals surface area contributed by atoms with E-state index in [-0.39, 0.29) is 5.91 Å². The molecule has 0 aliphatic carbocycles. The second-order valence-corrected chi connectivity index (χ2v) is 6.29. The lowest BCUT2D eigenvalue weighted by Gasteiger charge is -2.18. The number of para-hydroxylation sites is 1. The van der Waals surface area contributed by atoms with Gasteiger partial charge in [0.2, 0.25) is 5.91 Å². The largest absolute Gasteiger partial charge is 0.354 e. The standard InChI is InChI=1S/C17H19ClN2O/c1-17(2,3)16(21)20-13-10-8-12(9-11-13)19-15-7-5-4-6-14(15)18/h4-11,19H,1-3H3,(H,20,21). The first-order valence-electron chi connectivity index (χ1n) is 6.79. The van der Waals surface area contributed by atoms with Gasteiger partial charge >= 0.3 is 0 Å². The molecule has 2 rings (SSSR count). The van der Waals surface area contributed by atoms with E-state index in [1.54, 1.807) is 0 Å². The lowest BCUT2D eigenvalue weighted by Crippen LogP contribution is -2.27. The van der Waals surface area contributed by atoms with E-state index < -0.39 is 5.41 Å². The van der Waals surface area contributed by atoms with Crippen molar-refractivity contribution in [3.8, 4) is 0 Å². The number of rotatable bonds is 3. The monoisotopic (exact) mass is 302 g/mol. The zero-order valence-corrected chi connectivity index (χ0v) is 13.2. The molecule has 0 aliphatic heterocycles. The quantitative estimate of drug-likeness (QED) is 0.831. The Morgan fingerprint density at radius 3 is 2.10 bits per heavy atom. The molecule has 0 radical (unpaired) electrons. The summed E-state index contributed by atoms with van der Waals surface area (Å²) < 4.78 is 0. The van der Waals surface area contributed by atoms with Gasteiger partial charge < -0.3 is 10.6 Å². The molecule has 0 spiro atoms. The number of amides is 1. The Labute approximate surface area is 130 Å². The van der Waals surface area contributed by atoms with E-state index in [1.807, 2.05) is 69.3 Å². The van der Waals surface area contributed by atoms with E-state index in [0.717, 1.165) is 17.1 Å². The highest BCUT2D eigenvalue weighted by atomic mass is 35.5. The van der Waals surface area contributed by atoms with Crippen LogP contribution in [0, 0.1) is 5.41 Å². The molecule has 0 saturated carbocycles. The molecular weight excluding hydrogens is 284 g/mol. The number of hydrogen-bond donors (Lipinski definition) is 2. The highest BCUT2D eigenvalue weighted by Gasteiger charge is 2.20. The summed E-state index contributed by atoms with van der Waals surface area (Å²) in [5, 5.41) is 6.80. The predicted molar refractivity (Wildman–Crippen MR) is 89.3 cm³/mol. The zero-order valence-electron chi connectivity index (χ0n) is 12.4. The molecule has 3 nitrogen and oxygen atoms in total. The molecule has 0 aromatic heterocycles. The summed E-state index contributed by atoms with van der Waals surface area (Å²) in [6.45, 7) is 5.65. The van der Waals surface area contributed by atoms with Crippen LogP contribution in [0.15, 0.2) is 48.5 Å². The maximum absolute atomic E-state index is 11.9. The zero-order chi connectivity index (χ0) is 15.5. The summed E-state index contributed by atoms with van der Waals surface area (Å²) in [4.78, 5) is 11.9. The normalized spacial score (nSPS) is 11.0. The van der Waals surface area contributed by atoms with Crippen molar-refractivity contribution in [2.45, 2.75) is 20.8 Å². The second-order valence-electron chi connectivity index (χ2n) is 5.89. The molecule has 0 heterocycles. The lowest BCUT2D eigenvalue weighted by atomic mass is 9.95. The first-order valence-corrected chi connectivity index (χ1v) is 7.17. The summed E-state index contributed by atoms with van der Waals surface area (Å²) in [6.07, 6.45) is 0. The Bertz CT molecular complexity index is 630. The van der Waals surface area contributed by atoms with E-state index in [9.17, 15) is 4.79 Å². The van der Waals surface area contributed by atoms with Crippen molar-refractivity contribution in [1.82, 2.24) is 0 Å². The first-order chi connectivity index (χ1) is 9.86. The number of halogens is 1. The lowest BCUT2D eigenvalue weighted by molar-refractivity contribution is -0.123. The van der Waals surface area contributed by atoms with Crippen molar-refractivity contribution in [2.75, 3.05) is 10.6 Å². The molecule has 4 heteroatoms. The van der Waals surface area contributed by atoms with E-state index in [1.165, 1.54) is 0 Å². The fourth-order valence-corrected chi connectivity index (χ4v) is 1.86. The third kappa shape index (κ3) is 4.23. The maximum atomic E-state index is 11.9. The molecule has 110 valence electrons. The molecule has 2 N–H and O–H groups in total. The SMILES string of the molecule is CC(C)(C)C(=O)Nc1ccc(Nc2ccccc2Cl)cc1. The summed E-state index contributed by atoms with van der Waals surface area (Å²) in [5.41, 5.74) is 2.14. The smallest absolute Gasteiger partial charge is 0.229 e. The Morgan fingerprint density at radius 1 is 0.952 bits per heavy atom. The number of carbonyl (C=O) groups excluding carboxylic acids is 1. The topological polar surface area (TPSA) is 41.1 Å². The van der Waals surface area contributed by atoms with Gasteiger partial charge in [0.1, 0.15) is 0 Å². The second kappa shape index (κ2) is 6.19. The van der Waals surface area contributed by atoms with E-state index in [4.69, 9.17) is 11.6 Å². The van der Waals surface area contributed by atoms with Crippen molar-refractivity contribution < 1.29 is 4.79 Å². The third-order valence-electron chi connectivity index (χ3n) is 2.98. The van der Waals surface area contributed by atoms with Gasteiger partial charge in [-0.2, -0.15) is 0 Å². The first kappa shape index (κ1) is 15.4. The van der Waals surface area contributed by atoms with Gasteiger partial charge in [0.25, 0.3) is 0 Å². The van der Waals surface area contributed by atoms with E-state index >= 15 is 0 Å². The molecule has 0 aliphatic rings. The fraction of sp³-hybridized carbons (Fsp3) is 0.235. The van der Waals surface area contributed by atoms with Gasteiger partial charge in [0, 0.05) is 16.8 Å². The molecule has 21 heavy (non-hydrogen) atoms. The molecular formula is C17H19ClN2O. The van der Waals surface area contributed by atoms with Crippen molar-refractivity contribution in [3.63, 3.8) is 0 Å². The van der Waals surface area contributed by atoms with Gasteiger partial charge in [-0.3, -0.25) is 4.79 Å². The van der Waals surface area contributed by atoms with Crippen LogP contribution in [0.2, 0.25) is 5.02 Å². The van der Waals surface area contributed by atoms with Crippen LogP contribution in [0.4, 0.5) is 17.1 Å². The maximum Gasteiger partial charge on any atom is 0.229 e. The van der Waals surface area contributed by atoms with Gasteiger partial charge in [0.05, 0.1) is 10.7 Å². The minimum absolute atomic E-state index is 0.00527. The van der Waals surface area contributed by atoms with Crippen molar-refractivity contribution >= 4 is 34.6 Å². The molecule has 0 unspecified atom stereocenters. The molecule has 0 atom stereocenters. The van der Waals surface area contributed by atoms with Gasteiger partial charge in [-0.15, -0.1) is 0 Å². The van der Waals surface area contributed by atoms with Crippen LogP contribution in [0.5, 0.6) is 0 Å². The summed E-state index contributed by atoms with van der Waals surface area (Å²) in [7, 11) is 0. The highest BCUT2D eigenvalue weighted by Crippen LogP contribution is 2.26. The van der Waals surface area contributed by atoms with Crippen LogP contribution in [0.1, 0.15) is 20.8 Å². The van der Waals surface area contributed by atoms with Crippen molar-refractivity contribution in [3.05, 3.63) is 53.6 Å². The molecule has 0 fully saturated rings.